The van der Waals surface area contributed by atoms with Crippen LogP contribution in [0.4, 0.5) is 11.4 Å². The van der Waals surface area contributed by atoms with Crippen molar-refractivity contribution in [2.75, 3.05) is 10.6 Å². The van der Waals surface area contributed by atoms with Crippen molar-refractivity contribution in [1.29, 1.82) is 0 Å². The summed E-state index contributed by atoms with van der Waals surface area (Å²) >= 11 is 1.37. The molecule has 2 N–H and O–H groups in total. The van der Waals surface area contributed by atoms with Gasteiger partial charge in [-0.3, -0.25) is 18.7 Å². The molecule has 0 bridgehead atoms. The second-order valence-corrected chi connectivity index (χ2v) is 7.42. The summed E-state index contributed by atoms with van der Waals surface area (Å²) in [7, 11) is 1.68. The number of carbonyl (C=O) groups excluding carboxylic acids is 2. The number of amides is 2. The Kier molecular flexibility index (Phi) is 5.01. The Balaban J connectivity index is 1.44. The summed E-state index contributed by atoms with van der Waals surface area (Å²) in [5.41, 5.74) is 2.45. The summed E-state index contributed by atoms with van der Waals surface area (Å²) < 4.78 is 2.97. The van der Waals surface area contributed by atoms with Gasteiger partial charge in [0.15, 0.2) is 0 Å². The third-order valence-electron chi connectivity index (χ3n) is 4.52. The van der Waals surface area contributed by atoms with Crippen LogP contribution >= 0.6 is 11.3 Å². The normalized spacial score (nSPS) is 10.8. The number of fused-ring (bicyclic) bond motifs is 1. The molecule has 29 heavy (non-hydrogen) atoms. The van der Waals surface area contributed by atoms with Gasteiger partial charge in [-0.05, 0) is 47.8 Å². The molecular weight excluding hydrogens is 388 g/mol. The summed E-state index contributed by atoms with van der Waals surface area (Å²) in [6, 6.07) is 17.7. The Bertz CT molecular complexity index is 1240. The lowest BCUT2D eigenvalue weighted by Crippen LogP contribution is -2.28. The van der Waals surface area contributed by atoms with Gasteiger partial charge in [0.1, 0.15) is 6.54 Å². The van der Waals surface area contributed by atoms with Gasteiger partial charge in [0.05, 0.1) is 15.9 Å². The standard InChI is InChI=1S/C21H18N4O3S/c1-24-16-5-2-3-6-17(16)25(21(24)28)13-19(26)22-14-8-10-15(11-9-14)23-20(27)18-7-4-12-29-18/h2-12H,13H2,1H3,(H,22,26)(H,23,27). The zero-order valence-electron chi connectivity index (χ0n) is 15.6. The molecule has 0 saturated heterocycles. The largest absolute Gasteiger partial charge is 0.329 e. The van der Waals surface area contributed by atoms with Crippen LogP contribution in [0.15, 0.2) is 70.8 Å². The second-order valence-electron chi connectivity index (χ2n) is 6.47. The van der Waals surface area contributed by atoms with E-state index in [2.05, 4.69) is 10.6 Å². The molecule has 0 atom stereocenters. The lowest BCUT2D eigenvalue weighted by atomic mass is 10.2. The first-order valence-electron chi connectivity index (χ1n) is 8.92. The predicted octanol–water partition coefficient (Wildman–Crippen LogP) is 3.29. The minimum absolute atomic E-state index is 0.0863. The number of rotatable bonds is 5. The fourth-order valence-corrected chi connectivity index (χ4v) is 3.72. The van der Waals surface area contributed by atoms with Crippen LogP contribution < -0.4 is 16.3 Å². The van der Waals surface area contributed by atoms with Crippen molar-refractivity contribution in [3.05, 3.63) is 81.4 Å². The summed E-state index contributed by atoms with van der Waals surface area (Å²) in [5.74, 6) is -0.481. The Morgan fingerprint density at radius 1 is 0.897 bits per heavy atom. The van der Waals surface area contributed by atoms with E-state index in [1.165, 1.54) is 20.5 Å². The van der Waals surface area contributed by atoms with Crippen LogP contribution in [-0.4, -0.2) is 20.9 Å². The number of aryl methyl sites for hydroxylation is 1. The van der Waals surface area contributed by atoms with Crippen molar-refractivity contribution < 1.29 is 9.59 Å². The highest BCUT2D eigenvalue weighted by atomic mass is 32.1. The van der Waals surface area contributed by atoms with Gasteiger partial charge in [-0.25, -0.2) is 4.79 Å². The monoisotopic (exact) mass is 406 g/mol. The highest BCUT2D eigenvalue weighted by molar-refractivity contribution is 7.12. The van der Waals surface area contributed by atoms with E-state index in [-0.39, 0.29) is 24.0 Å². The van der Waals surface area contributed by atoms with E-state index < -0.39 is 0 Å². The molecule has 2 amide bonds. The number of anilines is 2. The molecule has 0 radical (unpaired) electrons. The van der Waals surface area contributed by atoms with E-state index in [0.717, 1.165) is 5.52 Å². The Hall–Kier alpha value is -3.65. The van der Waals surface area contributed by atoms with Crippen molar-refractivity contribution in [1.82, 2.24) is 9.13 Å². The summed E-state index contributed by atoms with van der Waals surface area (Å²) in [5, 5.41) is 7.43. The number of hydrogen-bond donors (Lipinski definition) is 2. The van der Waals surface area contributed by atoms with Crippen LogP contribution in [0, 0.1) is 0 Å². The highest BCUT2D eigenvalue weighted by Gasteiger charge is 2.13. The number of carbonyl (C=O) groups is 2. The van der Waals surface area contributed by atoms with Crippen LogP contribution in [0.1, 0.15) is 9.67 Å². The van der Waals surface area contributed by atoms with Crippen molar-refractivity contribution >= 4 is 45.6 Å². The van der Waals surface area contributed by atoms with Crippen LogP contribution in [-0.2, 0) is 18.4 Å². The third-order valence-corrected chi connectivity index (χ3v) is 5.39. The SMILES string of the molecule is Cn1c(=O)n(CC(=O)Nc2ccc(NC(=O)c3cccs3)cc2)c2ccccc21. The zero-order valence-corrected chi connectivity index (χ0v) is 16.4. The molecule has 0 aliphatic heterocycles. The molecule has 0 spiro atoms. The van der Waals surface area contributed by atoms with Crippen molar-refractivity contribution in [2.45, 2.75) is 6.54 Å². The molecule has 0 aliphatic carbocycles. The molecule has 2 aromatic heterocycles. The number of nitrogens with zero attached hydrogens (tertiary/aromatic N) is 2. The zero-order chi connectivity index (χ0) is 20.4. The average molecular weight is 406 g/mol. The summed E-state index contributed by atoms with van der Waals surface area (Å²) in [6.45, 7) is -0.0863. The van der Waals surface area contributed by atoms with Gasteiger partial charge in [-0.15, -0.1) is 11.3 Å². The lowest BCUT2D eigenvalue weighted by molar-refractivity contribution is -0.116. The topological polar surface area (TPSA) is 85.1 Å². The summed E-state index contributed by atoms with van der Waals surface area (Å²) in [6.07, 6.45) is 0. The first kappa shape index (κ1) is 18.7. The molecule has 2 heterocycles. The van der Waals surface area contributed by atoms with Crippen LogP contribution in [0.5, 0.6) is 0 Å². The highest BCUT2D eigenvalue weighted by Crippen LogP contribution is 2.17. The van der Waals surface area contributed by atoms with Gasteiger partial charge in [0, 0.05) is 18.4 Å². The van der Waals surface area contributed by atoms with E-state index in [1.807, 2.05) is 35.7 Å². The average Bonchev–Trinajstić information content (AvgIpc) is 3.34. The Morgan fingerprint density at radius 2 is 1.55 bits per heavy atom. The van der Waals surface area contributed by atoms with Crippen molar-refractivity contribution in [3.8, 4) is 0 Å². The molecule has 0 aliphatic rings. The van der Waals surface area contributed by atoms with Crippen LogP contribution in [0.2, 0.25) is 0 Å². The smallest absolute Gasteiger partial charge is 0.325 e. The third kappa shape index (κ3) is 3.83. The Labute approximate surface area is 170 Å². The van der Waals surface area contributed by atoms with E-state index in [4.69, 9.17) is 0 Å². The maximum Gasteiger partial charge on any atom is 0.329 e. The molecule has 4 rings (SSSR count). The molecule has 0 saturated carbocycles. The van der Waals surface area contributed by atoms with Gasteiger partial charge >= 0.3 is 5.69 Å². The molecule has 0 fully saturated rings. The predicted molar refractivity (Wildman–Crippen MR) is 115 cm³/mol. The van der Waals surface area contributed by atoms with E-state index in [9.17, 15) is 14.4 Å². The van der Waals surface area contributed by atoms with Crippen LogP contribution in [0.25, 0.3) is 11.0 Å². The van der Waals surface area contributed by atoms with Crippen molar-refractivity contribution in [2.24, 2.45) is 7.05 Å². The number of imidazole rings is 1. The fourth-order valence-electron chi connectivity index (χ4n) is 3.10. The summed E-state index contributed by atoms with van der Waals surface area (Å²) in [4.78, 5) is 37.6. The molecule has 146 valence electrons. The number of para-hydroxylation sites is 2. The molecule has 0 unspecified atom stereocenters. The van der Waals surface area contributed by atoms with Gasteiger partial charge in [0.2, 0.25) is 5.91 Å². The van der Waals surface area contributed by atoms with Crippen LogP contribution in [0.3, 0.4) is 0 Å². The van der Waals surface area contributed by atoms with Gasteiger partial charge < -0.3 is 10.6 Å². The number of nitrogens with one attached hydrogen (secondary N) is 2. The maximum absolute atomic E-state index is 12.5. The second kappa shape index (κ2) is 7.76. The molecule has 7 nitrogen and oxygen atoms in total. The van der Waals surface area contributed by atoms with Gasteiger partial charge in [0.25, 0.3) is 5.91 Å². The van der Waals surface area contributed by atoms with Gasteiger partial charge in [-0.2, -0.15) is 0 Å². The Morgan fingerprint density at radius 3 is 2.21 bits per heavy atom. The molecule has 8 heteroatoms. The first-order chi connectivity index (χ1) is 14.0. The minimum Gasteiger partial charge on any atom is -0.325 e. The molecule has 2 aromatic carbocycles. The fraction of sp³-hybridized carbons (Fsp3) is 0.0952. The lowest BCUT2D eigenvalue weighted by Gasteiger charge is -2.08. The van der Waals surface area contributed by atoms with E-state index in [0.29, 0.717) is 21.8 Å². The number of aromatic nitrogens is 2. The van der Waals surface area contributed by atoms with E-state index >= 15 is 0 Å². The number of benzene rings is 2. The quantitative estimate of drug-likeness (QED) is 0.533. The van der Waals surface area contributed by atoms with Crippen molar-refractivity contribution in [3.63, 3.8) is 0 Å². The molecule has 4 aromatic rings. The number of hydrogen-bond acceptors (Lipinski definition) is 4. The minimum atomic E-state index is -0.307. The molecular formula is C21H18N4O3S. The van der Waals surface area contributed by atoms with Gasteiger partial charge in [-0.1, -0.05) is 18.2 Å². The van der Waals surface area contributed by atoms with E-state index in [1.54, 1.807) is 37.4 Å². The maximum atomic E-state index is 12.5. The first-order valence-corrected chi connectivity index (χ1v) is 9.80. The number of thiophene rings is 1.